The summed E-state index contributed by atoms with van der Waals surface area (Å²) >= 11 is 2.06. The quantitative estimate of drug-likeness (QED) is 0.532. The van der Waals surface area contributed by atoms with Crippen LogP contribution in [0.3, 0.4) is 0 Å². The Morgan fingerprint density at radius 3 is 2.14 bits per heavy atom. The summed E-state index contributed by atoms with van der Waals surface area (Å²) in [6.07, 6.45) is 1.25. The maximum Gasteiger partial charge on any atom is 0.0145 e. The maximum absolute atomic E-state index is 2.39. The van der Waals surface area contributed by atoms with Crippen LogP contribution < -0.4 is 0 Å². The minimum atomic E-state index is 0.633. The van der Waals surface area contributed by atoms with Crippen LogP contribution in [0, 0.1) is 5.92 Å². The van der Waals surface area contributed by atoms with E-state index in [0.29, 0.717) is 5.92 Å². The summed E-state index contributed by atoms with van der Waals surface area (Å²) < 4.78 is 0. The molecule has 3 atom stereocenters. The van der Waals surface area contributed by atoms with E-state index in [-0.39, 0.29) is 0 Å². The van der Waals surface area contributed by atoms with Gasteiger partial charge in [0.15, 0.2) is 0 Å². The Balaban J connectivity index is 0.000000410. The second-order valence-corrected chi connectivity index (χ2v) is 6.82. The standard InChI is InChI=1S/C17H16S.2C2H6/c1-11-15-10-12-6-2-3-7-13(12)17(15)14-8-4-5-9-16(14)18-11;2*1-2/h2-9,11,15,17H,10H2,1H3;2*1-2H3. The number of benzene rings is 2. The fourth-order valence-electron chi connectivity index (χ4n) is 3.59. The smallest absolute Gasteiger partial charge is 0.0145 e. The molecule has 0 N–H and O–H groups in total. The summed E-state index contributed by atoms with van der Waals surface area (Å²) in [4.78, 5) is 1.49. The van der Waals surface area contributed by atoms with Gasteiger partial charge in [0.2, 0.25) is 0 Å². The molecule has 4 rings (SSSR count). The molecule has 1 aliphatic carbocycles. The van der Waals surface area contributed by atoms with E-state index in [9.17, 15) is 0 Å². The van der Waals surface area contributed by atoms with Crippen LogP contribution in [0.2, 0.25) is 0 Å². The van der Waals surface area contributed by atoms with E-state index >= 15 is 0 Å². The third kappa shape index (κ3) is 2.96. The molecule has 1 aliphatic heterocycles. The number of fused-ring (bicyclic) bond motifs is 5. The molecule has 1 heteroatoms. The second-order valence-electron chi connectivity index (χ2n) is 5.41. The third-order valence-corrected chi connectivity index (χ3v) is 5.79. The van der Waals surface area contributed by atoms with E-state index in [4.69, 9.17) is 0 Å². The first-order chi connectivity index (χ1) is 10.8. The molecule has 0 nitrogen and oxygen atoms in total. The Hall–Kier alpha value is -1.21. The largest absolute Gasteiger partial charge is 0.122 e. The van der Waals surface area contributed by atoms with E-state index in [1.165, 1.54) is 11.3 Å². The molecule has 2 aromatic rings. The fourth-order valence-corrected chi connectivity index (χ4v) is 4.91. The highest BCUT2D eigenvalue weighted by atomic mass is 32.2. The molecule has 2 aliphatic rings. The van der Waals surface area contributed by atoms with Crippen LogP contribution in [0.15, 0.2) is 53.4 Å². The molecule has 2 aromatic carbocycles. The number of rotatable bonds is 0. The van der Waals surface area contributed by atoms with Gasteiger partial charge in [-0.05, 0) is 35.1 Å². The van der Waals surface area contributed by atoms with Gasteiger partial charge in [-0.3, -0.25) is 0 Å². The summed E-state index contributed by atoms with van der Waals surface area (Å²) in [6, 6.07) is 18.0. The average Bonchev–Trinajstić information content (AvgIpc) is 2.99. The second kappa shape index (κ2) is 7.87. The highest BCUT2D eigenvalue weighted by Crippen LogP contribution is 2.53. The Bertz CT molecular complexity index is 602. The molecule has 118 valence electrons. The lowest BCUT2D eigenvalue weighted by molar-refractivity contribution is 0.486. The van der Waals surface area contributed by atoms with Crippen LogP contribution in [0.5, 0.6) is 0 Å². The van der Waals surface area contributed by atoms with Gasteiger partial charge in [0, 0.05) is 16.1 Å². The molecule has 0 saturated heterocycles. The molecule has 0 bridgehead atoms. The monoisotopic (exact) mass is 312 g/mol. The van der Waals surface area contributed by atoms with E-state index < -0.39 is 0 Å². The summed E-state index contributed by atoms with van der Waals surface area (Å²) in [5, 5.41) is 0.720. The highest BCUT2D eigenvalue weighted by Gasteiger charge is 2.41. The van der Waals surface area contributed by atoms with Crippen LogP contribution in [0.4, 0.5) is 0 Å². The highest BCUT2D eigenvalue weighted by molar-refractivity contribution is 8.00. The van der Waals surface area contributed by atoms with E-state index in [0.717, 1.165) is 11.2 Å². The summed E-state index contributed by atoms with van der Waals surface area (Å²) in [5.41, 5.74) is 4.69. The molecule has 1 heterocycles. The predicted octanol–water partition coefficient (Wildman–Crippen LogP) is 6.54. The van der Waals surface area contributed by atoms with E-state index in [2.05, 4.69) is 67.2 Å². The van der Waals surface area contributed by atoms with Crippen molar-refractivity contribution in [2.45, 2.75) is 57.1 Å². The number of hydrogen-bond donors (Lipinski definition) is 0. The van der Waals surface area contributed by atoms with Gasteiger partial charge in [-0.25, -0.2) is 0 Å². The first-order valence-electron chi connectivity index (χ1n) is 8.68. The van der Waals surface area contributed by atoms with Crippen LogP contribution in [0.1, 0.15) is 57.2 Å². The molecule has 22 heavy (non-hydrogen) atoms. The van der Waals surface area contributed by atoms with Gasteiger partial charge in [0.1, 0.15) is 0 Å². The predicted molar refractivity (Wildman–Crippen MR) is 99.9 cm³/mol. The lowest BCUT2D eigenvalue weighted by atomic mass is 9.84. The zero-order valence-corrected chi connectivity index (χ0v) is 15.3. The van der Waals surface area contributed by atoms with Gasteiger partial charge < -0.3 is 0 Å². The van der Waals surface area contributed by atoms with Crippen molar-refractivity contribution in [1.29, 1.82) is 0 Å². The normalized spacial score (nSPS) is 23.8. The van der Waals surface area contributed by atoms with E-state index in [1.807, 2.05) is 27.7 Å². The maximum atomic E-state index is 2.39. The molecule has 0 spiro atoms. The van der Waals surface area contributed by atoms with Crippen molar-refractivity contribution >= 4 is 11.8 Å². The summed E-state index contributed by atoms with van der Waals surface area (Å²) in [7, 11) is 0. The Morgan fingerprint density at radius 1 is 0.818 bits per heavy atom. The number of hydrogen-bond acceptors (Lipinski definition) is 1. The average molecular weight is 313 g/mol. The molecule has 0 fully saturated rings. The Kier molecular flexibility index (Phi) is 6.14. The van der Waals surface area contributed by atoms with Gasteiger partial charge in [-0.15, -0.1) is 11.8 Å². The first-order valence-corrected chi connectivity index (χ1v) is 9.56. The molecule has 0 amide bonds. The molecular formula is C21H28S. The van der Waals surface area contributed by atoms with Crippen molar-refractivity contribution in [3.05, 3.63) is 65.2 Å². The van der Waals surface area contributed by atoms with Crippen LogP contribution in [-0.4, -0.2) is 5.25 Å². The van der Waals surface area contributed by atoms with Gasteiger partial charge in [0.05, 0.1) is 0 Å². The van der Waals surface area contributed by atoms with Crippen LogP contribution in [-0.2, 0) is 6.42 Å². The minimum Gasteiger partial charge on any atom is -0.122 e. The molecule has 0 saturated carbocycles. The van der Waals surface area contributed by atoms with Crippen LogP contribution >= 0.6 is 11.8 Å². The minimum absolute atomic E-state index is 0.633. The topological polar surface area (TPSA) is 0 Å². The fraction of sp³-hybridized carbons (Fsp3) is 0.429. The van der Waals surface area contributed by atoms with Crippen molar-refractivity contribution in [2.24, 2.45) is 5.92 Å². The van der Waals surface area contributed by atoms with Crippen molar-refractivity contribution < 1.29 is 0 Å². The summed E-state index contributed by atoms with van der Waals surface area (Å²) in [6.45, 7) is 10.4. The van der Waals surface area contributed by atoms with Crippen molar-refractivity contribution in [3.8, 4) is 0 Å². The zero-order valence-electron chi connectivity index (χ0n) is 14.5. The number of thioether (sulfide) groups is 1. The van der Waals surface area contributed by atoms with Crippen molar-refractivity contribution in [2.75, 3.05) is 0 Å². The molecule has 0 radical (unpaired) electrons. The van der Waals surface area contributed by atoms with E-state index in [1.54, 1.807) is 16.7 Å². The van der Waals surface area contributed by atoms with Gasteiger partial charge in [-0.2, -0.15) is 0 Å². The Labute approximate surface area is 140 Å². The van der Waals surface area contributed by atoms with Gasteiger partial charge in [0.25, 0.3) is 0 Å². The van der Waals surface area contributed by atoms with Crippen LogP contribution in [0.25, 0.3) is 0 Å². The molecular weight excluding hydrogens is 284 g/mol. The van der Waals surface area contributed by atoms with Crippen molar-refractivity contribution in [3.63, 3.8) is 0 Å². The molecule has 3 unspecified atom stereocenters. The summed E-state index contributed by atoms with van der Waals surface area (Å²) in [5.74, 6) is 1.41. The van der Waals surface area contributed by atoms with Gasteiger partial charge in [-0.1, -0.05) is 77.1 Å². The van der Waals surface area contributed by atoms with Crippen molar-refractivity contribution in [1.82, 2.24) is 0 Å². The van der Waals surface area contributed by atoms with Gasteiger partial charge >= 0.3 is 0 Å². The molecule has 0 aromatic heterocycles. The third-order valence-electron chi connectivity index (χ3n) is 4.44. The lowest BCUT2D eigenvalue weighted by Gasteiger charge is -2.33. The Morgan fingerprint density at radius 2 is 1.41 bits per heavy atom. The first kappa shape index (κ1) is 17.1. The zero-order chi connectivity index (χ0) is 16.1. The lowest BCUT2D eigenvalue weighted by Crippen LogP contribution is -2.24. The SMILES string of the molecule is CC.CC.CC1Sc2ccccc2C2c3ccccc3CC12.